The molecule has 1 aliphatic rings. The molecular weight excluding hydrogens is 270 g/mol. The van der Waals surface area contributed by atoms with Gasteiger partial charge in [-0.05, 0) is 6.07 Å². The molecular formula is C13H16ClNO4. The number of hydrogen-bond acceptors (Lipinski definition) is 5. The monoisotopic (exact) mass is 285 g/mol. The number of alkyl halides is 1. The molecule has 0 amide bonds. The fraction of sp³-hybridized carbons (Fsp3) is 0.462. The maximum absolute atomic E-state index is 5.77. The van der Waals surface area contributed by atoms with Crippen molar-refractivity contribution in [3.05, 3.63) is 17.7 Å². The standard InChI is InChI=1S/C13H16ClNO4/c1-16-11-6-13(18-3)12(17-2)5-9(11)10-4-8(7-14)19-15-10/h5-6,8H,4,7H2,1-3H3. The van der Waals surface area contributed by atoms with Gasteiger partial charge in [0.1, 0.15) is 11.9 Å². The van der Waals surface area contributed by atoms with Gasteiger partial charge in [-0.1, -0.05) is 5.16 Å². The lowest BCUT2D eigenvalue weighted by atomic mass is 10.0. The van der Waals surface area contributed by atoms with Gasteiger partial charge < -0.3 is 19.0 Å². The average Bonchev–Trinajstić information content (AvgIpc) is 2.94. The second-order valence-electron chi connectivity index (χ2n) is 4.03. The fourth-order valence-electron chi connectivity index (χ4n) is 1.92. The Labute approximate surface area is 117 Å². The van der Waals surface area contributed by atoms with Gasteiger partial charge in [-0.15, -0.1) is 11.6 Å². The van der Waals surface area contributed by atoms with Crippen LogP contribution in [0.25, 0.3) is 0 Å². The van der Waals surface area contributed by atoms with Crippen molar-refractivity contribution >= 4 is 17.3 Å². The van der Waals surface area contributed by atoms with E-state index in [1.807, 2.05) is 6.07 Å². The van der Waals surface area contributed by atoms with E-state index in [0.29, 0.717) is 29.5 Å². The summed E-state index contributed by atoms with van der Waals surface area (Å²) in [6, 6.07) is 3.60. The Morgan fingerprint density at radius 2 is 1.79 bits per heavy atom. The number of ether oxygens (including phenoxy) is 3. The van der Waals surface area contributed by atoms with E-state index in [1.165, 1.54) is 0 Å². The van der Waals surface area contributed by atoms with Crippen molar-refractivity contribution in [2.24, 2.45) is 5.16 Å². The molecule has 19 heavy (non-hydrogen) atoms. The van der Waals surface area contributed by atoms with E-state index in [4.69, 9.17) is 30.6 Å². The first-order valence-electron chi connectivity index (χ1n) is 5.82. The number of oxime groups is 1. The average molecular weight is 286 g/mol. The molecule has 0 aromatic heterocycles. The van der Waals surface area contributed by atoms with Crippen molar-refractivity contribution in [1.29, 1.82) is 0 Å². The van der Waals surface area contributed by atoms with Gasteiger partial charge in [-0.2, -0.15) is 0 Å². The lowest BCUT2D eigenvalue weighted by Gasteiger charge is -2.13. The van der Waals surface area contributed by atoms with E-state index in [2.05, 4.69) is 5.16 Å². The minimum Gasteiger partial charge on any atom is -0.496 e. The molecule has 1 aromatic carbocycles. The summed E-state index contributed by atoms with van der Waals surface area (Å²) in [5, 5.41) is 4.05. The molecule has 0 N–H and O–H groups in total. The lowest BCUT2D eigenvalue weighted by Crippen LogP contribution is -2.10. The predicted molar refractivity (Wildman–Crippen MR) is 72.8 cm³/mol. The van der Waals surface area contributed by atoms with Gasteiger partial charge in [0, 0.05) is 18.1 Å². The SMILES string of the molecule is COc1cc(OC)c(C2=NOC(CCl)C2)cc1OC. The van der Waals surface area contributed by atoms with Gasteiger partial charge in [0.2, 0.25) is 0 Å². The Kier molecular flexibility index (Phi) is 4.37. The highest BCUT2D eigenvalue weighted by molar-refractivity contribution is 6.18. The third-order valence-electron chi connectivity index (χ3n) is 2.92. The van der Waals surface area contributed by atoms with E-state index in [9.17, 15) is 0 Å². The third-order valence-corrected chi connectivity index (χ3v) is 3.27. The second-order valence-corrected chi connectivity index (χ2v) is 4.34. The summed E-state index contributed by atoms with van der Waals surface area (Å²) in [5.74, 6) is 2.30. The van der Waals surface area contributed by atoms with Crippen molar-refractivity contribution in [2.45, 2.75) is 12.5 Å². The summed E-state index contributed by atoms with van der Waals surface area (Å²) in [6.07, 6.45) is 0.560. The zero-order valence-corrected chi connectivity index (χ0v) is 11.9. The molecule has 2 rings (SSSR count). The van der Waals surface area contributed by atoms with Crippen LogP contribution in [0.1, 0.15) is 12.0 Å². The normalized spacial score (nSPS) is 17.7. The van der Waals surface area contributed by atoms with E-state index in [0.717, 1.165) is 11.3 Å². The van der Waals surface area contributed by atoms with E-state index in [1.54, 1.807) is 27.4 Å². The Morgan fingerprint density at radius 3 is 2.32 bits per heavy atom. The lowest BCUT2D eigenvalue weighted by molar-refractivity contribution is 0.102. The molecule has 1 unspecified atom stereocenters. The maximum Gasteiger partial charge on any atom is 0.164 e. The van der Waals surface area contributed by atoms with Crippen LogP contribution in [0, 0.1) is 0 Å². The molecule has 1 atom stereocenters. The molecule has 1 aromatic rings. The Morgan fingerprint density at radius 1 is 1.16 bits per heavy atom. The summed E-state index contributed by atoms with van der Waals surface area (Å²) < 4.78 is 15.9. The van der Waals surface area contributed by atoms with E-state index in [-0.39, 0.29) is 6.10 Å². The van der Waals surface area contributed by atoms with Gasteiger partial charge >= 0.3 is 0 Å². The molecule has 0 saturated heterocycles. The molecule has 0 saturated carbocycles. The van der Waals surface area contributed by atoms with Crippen molar-refractivity contribution in [2.75, 3.05) is 27.2 Å². The summed E-state index contributed by atoms with van der Waals surface area (Å²) in [5.41, 5.74) is 1.62. The summed E-state index contributed by atoms with van der Waals surface area (Å²) in [4.78, 5) is 5.23. The van der Waals surface area contributed by atoms with Crippen LogP contribution in [0.4, 0.5) is 0 Å². The Hall–Kier alpha value is -1.62. The number of methoxy groups -OCH3 is 3. The zero-order valence-electron chi connectivity index (χ0n) is 11.1. The van der Waals surface area contributed by atoms with Gasteiger partial charge in [0.15, 0.2) is 11.5 Å². The summed E-state index contributed by atoms with van der Waals surface area (Å²) in [7, 11) is 4.76. The minimum atomic E-state index is -0.0885. The molecule has 0 aliphatic carbocycles. The van der Waals surface area contributed by atoms with Gasteiger partial charge in [-0.25, -0.2) is 0 Å². The maximum atomic E-state index is 5.77. The molecule has 5 nitrogen and oxygen atoms in total. The van der Waals surface area contributed by atoms with Crippen LogP contribution in [0.5, 0.6) is 17.2 Å². The first-order chi connectivity index (χ1) is 9.23. The van der Waals surface area contributed by atoms with Crippen molar-refractivity contribution in [3.63, 3.8) is 0 Å². The van der Waals surface area contributed by atoms with Crippen LogP contribution >= 0.6 is 11.6 Å². The largest absolute Gasteiger partial charge is 0.496 e. The molecule has 1 heterocycles. The molecule has 104 valence electrons. The van der Waals surface area contributed by atoms with Crippen LogP contribution < -0.4 is 14.2 Å². The topological polar surface area (TPSA) is 49.3 Å². The van der Waals surface area contributed by atoms with Crippen LogP contribution in [0.2, 0.25) is 0 Å². The van der Waals surface area contributed by atoms with E-state index < -0.39 is 0 Å². The summed E-state index contributed by atoms with van der Waals surface area (Å²) in [6.45, 7) is 0. The predicted octanol–water partition coefficient (Wildman–Crippen LogP) is 2.44. The smallest absolute Gasteiger partial charge is 0.164 e. The first kappa shape index (κ1) is 13.8. The highest BCUT2D eigenvalue weighted by Crippen LogP contribution is 2.36. The number of rotatable bonds is 5. The molecule has 0 radical (unpaired) electrons. The van der Waals surface area contributed by atoms with E-state index >= 15 is 0 Å². The number of halogens is 1. The zero-order chi connectivity index (χ0) is 13.8. The highest BCUT2D eigenvalue weighted by Gasteiger charge is 2.25. The number of benzene rings is 1. The van der Waals surface area contributed by atoms with Crippen LogP contribution in [0.15, 0.2) is 17.3 Å². The third kappa shape index (κ3) is 2.71. The molecule has 0 fully saturated rings. The van der Waals surface area contributed by atoms with Gasteiger partial charge in [0.05, 0.1) is 32.9 Å². The quantitative estimate of drug-likeness (QED) is 0.780. The Bertz CT molecular complexity index is 490. The molecule has 6 heteroatoms. The molecule has 1 aliphatic heterocycles. The van der Waals surface area contributed by atoms with Crippen LogP contribution in [-0.2, 0) is 4.84 Å². The molecule has 0 spiro atoms. The molecule has 0 bridgehead atoms. The van der Waals surface area contributed by atoms with Crippen LogP contribution in [0.3, 0.4) is 0 Å². The van der Waals surface area contributed by atoms with Crippen molar-refractivity contribution < 1.29 is 19.0 Å². The van der Waals surface area contributed by atoms with Crippen molar-refractivity contribution in [1.82, 2.24) is 0 Å². The number of nitrogens with zero attached hydrogens (tertiary/aromatic N) is 1. The van der Waals surface area contributed by atoms with Gasteiger partial charge in [-0.3, -0.25) is 0 Å². The van der Waals surface area contributed by atoms with Crippen LogP contribution in [-0.4, -0.2) is 39.0 Å². The Balaban J connectivity index is 2.39. The highest BCUT2D eigenvalue weighted by atomic mass is 35.5. The van der Waals surface area contributed by atoms with Crippen molar-refractivity contribution in [3.8, 4) is 17.2 Å². The first-order valence-corrected chi connectivity index (χ1v) is 6.36. The van der Waals surface area contributed by atoms with Gasteiger partial charge in [0.25, 0.3) is 0 Å². The number of hydrogen-bond donors (Lipinski definition) is 0. The summed E-state index contributed by atoms with van der Waals surface area (Å²) >= 11 is 5.77. The second kappa shape index (κ2) is 6.02. The fourth-order valence-corrected chi connectivity index (χ4v) is 2.09. The minimum absolute atomic E-state index is 0.0885.